The molecule has 1 heterocycles. The van der Waals surface area contributed by atoms with Crippen LogP contribution in [0.5, 0.6) is 0 Å². The lowest BCUT2D eigenvalue weighted by molar-refractivity contribution is 0.520. The zero-order chi connectivity index (χ0) is 14.9. The van der Waals surface area contributed by atoms with Crippen LogP contribution in [-0.2, 0) is 10.0 Å². The van der Waals surface area contributed by atoms with E-state index < -0.39 is 10.0 Å². The average Bonchev–Trinajstić information content (AvgIpc) is 2.90. The molecule has 112 valence electrons. The van der Waals surface area contributed by atoms with Gasteiger partial charge in [0, 0.05) is 23.5 Å². The molecule has 1 N–H and O–H groups in total. The summed E-state index contributed by atoms with van der Waals surface area (Å²) in [6.07, 6.45) is 4.48. The maximum absolute atomic E-state index is 12.5. The number of alkyl halides is 1. The van der Waals surface area contributed by atoms with Crippen LogP contribution in [0.2, 0.25) is 0 Å². The van der Waals surface area contributed by atoms with Gasteiger partial charge in [0.1, 0.15) is 0 Å². The predicted molar refractivity (Wildman–Crippen MR) is 83.9 cm³/mol. The second-order valence-corrected chi connectivity index (χ2v) is 7.81. The molecule has 1 aliphatic rings. The Bertz CT molecular complexity index is 743. The van der Waals surface area contributed by atoms with E-state index in [9.17, 15) is 8.42 Å². The van der Waals surface area contributed by atoms with E-state index in [-0.39, 0.29) is 10.3 Å². The first-order chi connectivity index (χ1) is 10.1. The number of sulfonamides is 1. The van der Waals surface area contributed by atoms with Crippen molar-refractivity contribution in [3.63, 3.8) is 0 Å². The fourth-order valence-corrected chi connectivity index (χ4v) is 4.52. The van der Waals surface area contributed by atoms with E-state index in [0.29, 0.717) is 23.4 Å². The fourth-order valence-electron chi connectivity index (χ4n) is 2.81. The standard InChI is InChI=1S/C15H17ClN2O2S/c16-12-7-6-11(9-12)10-18-21(19,20)15-5-1-4-14-13(15)3-2-8-17-14/h1-5,8,11-12,18H,6-7,9-10H2. The second kappa shape index (κ2) is 5.91. The summed E-state index contributed by atoms with van der Waals surface area (Å²) >= 11 is 6.07. The summed E-state index contributed by atoms with van der Waals surface area (Å²) < 4.78 is 27.7. The Morgan fingerprint density at radius 2 is 2.10 bits per heavy atom. The summed E-state index contributed by atoms with van der Waals surface area (Å²) in [6.45, 7) is 0.447. The minimum Gasteiger partial charge on any atom is -0.256 e. The highest BCUT2D eigenvalue weighted by Crippen LogP contribution is 2.29. The van der Waals surface area contributed by atoms with Crippen LogP contribution in [-0.4, -0.2) is 25.3 Å². The highest BCUT2D eigenvalue weighted by Gasteiger charge is 2.25. The first kappa shape index (κ1) is 14.8. The lowest BCUT2D eigenvalue weighted by Crippen LogP contribution is -2.28. The van der Waals surface area contributed by atoms with Crippen molar-refractivity contribution in [2.45, 2.75) is 29.5 Å². The van der Waals surface area contributed by atoms with E-state index in [0.717, 1.165) is 19.3 Å². The van der Waals surface area contributed by atoms with Crippen LogP contribution in [0.4, 0.5) is 0 Å². The molecular weight excluding hydrogens is 308 g/mol. The number of rotatable bonds is 4. The molecule has 2 aromatic rings. The van der Waals surface area contributed by atoms with Crippen molar-refractivity contribution < 1.29 is 8.42 Å². The van der Waals surface area contributed by atoms with E-state index in [1.165, 1.54) is 0 Å². The first-order valence-electron chi connectivity index (χ1n) is 7.04. The summed E-state index contributed by atoms with van der Waals surface area (Å²) in [7, 11) is -3.52. The Kier molecular flexibility index (Phi) is 4.15. The van der Waals surface area contributed by atoms with Gasteiger partial charge in [-0.25, -0.2) is 13.1 Å². The number of nitrogens with zero attached hydrogens (tertiary/aromatic N) is 1. The fraction of sp³-hybridized carbons (Fsp3) is 0.400. The highest BCUT2D eigenvalue weighted by molar-refractivity contribution is 7.89. The highest BCUT2D eigenvalue weighted by atomic mass is 35.5. The zero-order valence-electron chi connectivity index (χ0n) is 11.5. The summed E-state index contributed by atoms with van der Waals surface area (Å²) in [6, 6.07) is 8.67. The first-order valence-corrected chi connectivity index (χ1v) is 8.96. The van der Waals surface area contributed by atoms with Crippen molar-refractivity contribution in [2.75, 3.05) is 6.54 Å². The number of pyridine rings is 1. The van der Waals surface area contributed by atoms with Gasteiger partial charge < -0.3 is 0 Å². The van der Waals surface area contributed by atoms with Gasteiger partial charge in [0.15, 0.2) is 0 Å². The Morgan fingerprint density at radius 3 is 2.86 bits per heavy atom. The molecule has 3 rings (SSSR count). The van der Waals surface area contributed by atoms with Crippen LogP contribution in [0.1, 0.15) is 19.3 Å². The molecule has 6 heteroatoms. The van der Waals surface area contributed by atoms with E-state index in [2.05, 4.69) is 9.71 Å². The van der Waals surface area contributed by atoms with Gasteiger partial charge in [-0.3, -0.25) is 4.98 Å². The minimum atomic E-state index is -3.52. The molecule has 1 aromatic carbocycles. The lowest BCUT2D eigenvalue weighted by Gasteiger charge is -2.12. The van der Waals surface area contributed by atoms with Crippen molar-refractivity contribution in [3.05, 3.63) is 36.5 Å². The maximum Gasteiger partial charge on any atom is 0.241 e. The second-order valence-electron chi connectivity index (χ2n) is 5.45. The van der Waals surface area contributed by atoms with Crippen LogP contribution >= 0.6 is 11.6 Å². The quantitative estimate of drug-likeness (QED) is 0.880. The average molecular weight is 325 g/mol. The largest absolute Gasteiger partial charge is 0.256 e. The van der Waals surface area contributed by atoms with E-state index in [1.807, 2.05) is 6.07 Å². The summed E-state index contributed by atoms with van der Waals surface area (Å²) in [5.74, 6) is 0.329. The van der Waals surface area contributed by atoms with E-state index in [4.69, 9.17) is 11.6 Å². The molecule has 0 amide bonds. The molecule has 0 saturated heterocycles. The molecule has 0 spiro atoms. The minimum absolute atomic E-state index is 0.182. The SMILES string of the molecule is O=S(=O)(NCC1CCC(Cl)C1)c1cccc2ncccc12. The molecule has 2 atom stereocenters. The van der Waals surface area contributed by atoms with Gasteiger partial charge in [-0.1, -0.05) is 6.07 Å². The Balaban J connectivity index is 1.83. The topological polar surface area (TPSA) is 59.1 Å². The molecule has 1 saturated carbocycles. The van der Waals surface area contributed by atoms with Crippen molar-refractivity contribution in [2.24, 2.45) is 5.92 Å². The molecule has 0 radical (unpaired) electrons. The Morgan fingerprint density at radius 1 is 1.24 bits per heavy atom. The van der Waals surface area contributed by atoms with Crippen LogP contribution in [0.15, 0.2) is 41.4 Å². The number of benzene rings is 1. The number of hydrogen-bond acceptors (Lipinski definition) is 3. The molecule has 4 nitrogen and oxygen atoms in total. The summed E-state index contributed by atoms with van der Waals surface area (Å²) in [4.78, 5) is 4.48. The van der Waals surface area contributed by atoms with Gasteiger partial charge in [-0.05, 0) is 49.4 Å². The van der Waals surface area contributed by atoms with Crippen molar-refractivity contribution in [1.29, 1.82) is 0 Å². The van der Waals surface area contributed by atoms with Gasteiger partial charge >= 0.3 is 0 Å². The van der Waals surface area contributed by atoms with Gasteiger partial charge in [-0.2, -0.15) is 0 Å². The summed E-state index contributed by atoms with van der Waals surface area (Å²) in [5.41, 5.74) is 0.682. The normalized spacial score (nSPS) is 22.7. The molecule has 2 unspecified atom stereocenters. The number of aromatic nitrogens is 1. The van der Waals surface area contributed by atoms with E-state index >= 15 is 0 Å². The molecule has 0 bridgehead atoms. The Hall–Kier alpha value is -1.17. The molecule has 0 aliphatic heterocycles. The van der Waals surface area contributed by atoms with Crippen LogP contribution in [0.25, 0.3) is 10.9 Å². The smallest absolute Gasteiger partial charge is 0.241 e. The van der Waals surface area contributed by atoms with Crippen LogP contribution in [0.3, 0.4) is 0 Å². The number of nitrogens with one attached hydrogen (secondary N) is 1. The molecule has 1 aromatic heterocycles. The molecular formula is C15H17ClN2O2S. The van der Waals surface area contributed by atoms with E-state index in [1.54, 1.807) is 30.5 Å². The van der Waals surface area contributed by atoms with Gasteiger partial charge in [-0.15, -0.1) is 11.6 Å². The van der Waals surface area contributed by atoms with Gasteiger partial charge in [0.25, 0.3) is 0 Å². The van der Waals surface area contributed by atoms with Crippen molar-refractivity contribution in [1.82, 2.24) is 9.71 Å². The third-order valence-corrected chi connectivity index (χ3v) is 5.81. The molecule has 1 aliphatic carbocycles. The number of halogens is 1. The third kappa shape index (κ3) is 3.20. The third-order valence-electron chi connectivity index (χ3n) is 3.93. The van der Waals surface area contributed by atoms with Gasteiger partial charge in [0.05, 0.1) is 10.4 Å². The Labute approximate surface area is 129 Å². The zero-order valence-corrected chi connectivity index (χ0v) is 13.1. The number of fused-ring (bicyclic) bond motifs is 1. The number of hydrogen-bond donors (Lipinski definition) is 1. The monoisotopic (exact) mass is 324 g/mol. The van der Waals surface area contributed by atoms with Crippen LogP contribution < -0.4 is 4.72 Å². The van der Waals surface area contributed by atoms with Crippen LogP contribution in [0, 0.1) is 5.92 Å². The van der Waals surface area contributed by atoms with Crippen molar-refractivity contribution >= 4 is 32.5 Å². The predicted octanol–water partition coefficient (Wildman–Crippen LogP) is 2.92. The lowest BCUT2D eigenvalue weighted by atomic mass is 10.1. The molecule has 21 heavy (non-hydrogen) atoms. The maximum atomic E-state index is 12.5. The molecule has 1 fully saturated rings. The van der Waals surface area contributed by atoms with Gasteiger partial charge in [0.2, 0.25) is 10.0 Å². The van der Waals surface area contributed by atoms with Crippen molar-refractivity contribution in [3.8, 4) is 0 Å². The summed E-state index contributed by atoms with van der Waals surface area (Å²) in [5, 5.41) is 0.829.